The van der Waals surface area contributed by atoms with Crippen LogP contribution < -0.4 is 5.32 Å². The number of nitrogens with zero attached hydrogens (tertiary/aromatic N) is 1. The molecule has 0 bridgehead atoms. The number of halogens is 2. The van der Waals surface area contributed by atoms with E-state index in [1.807, 2.05) is 30.3 Å². The quantitative estimate of drug-likeness (QED) is 0.471. The number of aromatic nitrogens is 1. The Bertz CT molecular complexity index is 1130. The number of nitrogens with one attached hydrogen (secondary N) is 1. The van der Waals surface area contributed by atoms with Crippen molar-refractivity contribution in [1.29, 1.82) is 0 Å². The van der Waals surface area contributed by atoms with Gasteiger partial charge in [-0.25, -0.2) is 9.37 Å². The lowest BCUT2D eigenvalue weighted by atomic mass is 10.1. The van der Waals surface area contributed by atoms with E-state index in [1.54, 1.807) is 24.3 Å². The van der Waals surface area contributed by atoms with Crippen molar-refractivity contribution in [2.24, 2.45) is 0 Å². The smallest absolute Gasteiger partial charge is 0.256 e. The van der Waals surface area contributed by atoms with Gasteiger partial charge < -0.3 is 5.32 Å². The van der Waals surface area contributed by atoms with Crippen molar-refractivity contribution >= 4 is 45.4 Å². The van der Waals surface area contributed by atoms with Gasteiger partial charge in [-0.05, 0) is 36.4 Å². The normalized spacial score (nSPS) is 10.8. The minimum Gasteiger partial charge on any atom is -0.319 e. The van der Waals surface area contributed by atoms with Gasteiger partial charge in [0.05, 0.1) is 31.7 Å². The van der Waals surface area contributed by atoms with Crippen LogP contribution >= 0.6 is 22.9 Å². The maximum absolute atomic E-state index is 13.9. The lowest BCUT2D eigenvalue weighted by molar-refractivity contribution is 0.102. The van der Waals surface area contributed by atoms with Crippen molar-refractivity contribution in [2.75, 3.05) is 5.32 Å². The largest absolute Gasteiger partial charge is 0.319 e. The highest BCUT2D eigenvalue weighted by atomic mass is 35.5. The Balaban J connectivity index is 1.82. The number of anilines is 1. The number of para-hydroxylation sites is 2. The van der Waals surface area contributed by atoms with E-state index in [0.717, 1.165) is 4.88 Å². The van der Waals surface area contributed by atoms with Gasteiger partial charge in [-0.2, -0.15) is 0 Å². The molecule has 0 spiro atoms. The molecule has 4 rings (SSSR count). The number of carbonyl (C=O) groups is 1. The van der Waals surface area contributed by atoms with E-state index >= 15 is 0 Å². The number of hydrogen-bond acceptors (Lipinski definition) is 3. The summed E-state index contributed by atoms with van der Waals surface area (Å²) in [5, 5.41) is 3.34. The summed E-state index contributed by atoms with van der Waals surface area (Å²) in [6.45, 7) is 0. The highest BCUT2D eigenvalue weighted by Crippen LogP contribution is 2.32. The minimum atomic E-state index is -0.482. The molecule has 3 nitrogen and oxygen atoms in total. The number of rotatable bonds is 3. The fraction of sp³-hybridized carbons (Fsp3) is 0. The lowest BCUT2D eigenvalue weighted by Gasteiger charge is -2.10. The molecule has 6 heteroatoms. The molecule has 0 atom stereocenters. The van der Waals surface area contributed by atoms with Crippen LogP contribution in [0.5, 0.6) is 0 Å². The molecule has 0 aliphatic carbocycles. The summed E-state index contributed by atoms with van der Waals surface area (Å²) in [4.78, 5) is 18.3. The van der Waals surface area contributed by atoms with Crippen molar-refractivity contribution in [3.05, 3.63) is 82.4 Å². The number of amides is 1. The molecular weight excluding hydrogens is 371 g/mol. The Labute approximate surface area is 158 Å². The van der Waals surface area contributed by atoms with Gasteiger partial charge in [0.15, 0.2) is 0 Å². The van der Waals surface area contributed by atoms with Crippen LogP contribution in [0.15, 0.2) is 66.7 Å². The van der Waals surface area contributed by atoms with Gasteiger partial charge in [0, 0.05) is 5.39 Å². The number of fused-ring (bicyclic) bond motifs is 1. The van der Waals surface area contributed by atoms with Crippen LogP contribution in [-0.2, 0) is 0 Å². The molecule has 0 unspecified atom stereocenters. The Morgan fingerprint density at radius 3 is 2.58 bits per heavy atom. The first-order chi connectivity index (χ1) is 12.6. The van der Waals surface area contributed by atoms with Crippen LogP contribution in [0.2, 0.25) is 4.34 Å². The van der Waals surface area contributed by atoms with Gasteiger partial charge in [0.2, 0.25) is 0 Å². The summed E-state index contributed by atoms with van der Waals surface area (Å²) in [7, 11) is 0. The van der Waals surface area contributed by atoms with Crippen LogP contribution in [-0.4, -0.2) is 10.9 Å². The third kappa shape index (κ3) is 3.19. The van der Waals surface area contributed by atoms with E-state index in [1.165, 1.54) is 23.5 Å². The van der Waals surface area contributed by atoms with Crippen molar-refractivity contribution in [3.8, 4) is 10.6 Å². The van der Waals surface area contributed by atoms with Gasteiger partial charge in [-0.3, -0.25) is 4.79 Å². The van der Waals surface area contributed by atoms with Crippen LogP contribution in [0, 0.1) is 5.82 Å². The fourth-order valence-corrected chi connectivity index (χ4v) is 3.70. The van der Waals surface area contributed by atoms with E-state index in [0.29, 0.717) is 26.5 Å². The number of hydrogen-bond donors (Lipinski definition) is 1. The molecule has 1 N–H and O–H groups in total. The predicted octanol–water partition coefficient (Wildman–Crippen LogP) is 6.01. The SMILES string of the molecule is O=C(Nc1ccccc1F)c1cc(-c2ccc(Cl)s2)nc2ccccc12. The first-order valence-corrected chi connectivity index (χ1v) is 9.02. The highest BCUT2D eigenvalue weighted by Gasteiger charge is 2.16. The van der Waals surface area contributed by atoms with E-state index in [-0.39, 0.29) is 5.69 Å². The van der Waals surface area contributed by atoms with Gasteiger partial charge in [-0.15, -0.1) is 11.3 Å². The molecule has 4 aromatic rings. The zero-order valence-corrected chi connectivity index (χ0v) is 14.9. The predicted molar refractivity (Wildman–Crippen MR) is 104 cm³/mol. The minimum absolute atomic E-state index is 0.138. The van der Waals surface area contributed by atoms with Crippen molar-refractivity contribution in [1.82, 2.24) is 4.98 Å². The topological polar surface area (TPSA) is 42.0 Å². The Morgan fingerprint density at radius 2 is 1.81 bits per heavy atom. The van der Waals surface area contributed by atoms with E-state index < -0.39 is 11.7 Å². The van der Waals surface area contributed by atoms with Crippen LogP contribution in [0.3, 0.4) is 0 Å². The Kier molecular flexibility index (Phi) is 4.41. The first kappa shape index (κ1) is 16.7. The molecule has 0 radical (unpaired) electrons. The summed E-state index contributed by atoms with van der Waals surface area (Å²) in [5.41, 5.74) is 1.91. The summed E-state index contributed by atoms with van der Waals surface area (Å²) in [5.74, 6) is -0.873. The second kappa shape index (κ2) is 6.86. The summed E-state index contributed by atoms with van der Waals surface area (Å²) in [6.07, 6.45) is 0. The maximum atomic E-state index is 13.9. The molecule has 0 saturated heterocycles. The third-order valence-electron chi connectivity index (χ3n) is 3.91. The molecule has 2 aromatic heterocycles. The van der Waals surface area contributed by atoms with Crippen LogP contribution in [0.25, 0.3) is 21.5 Å². The molecule has 0 fully saturated rings. The first-order valence-electron chi connectivity index (χ1n) is 7.83. The fourth-order valence-electron chi connectivity index (χ4n) is 2.69. The highest BCUT2D eigenvalue weighted by molar-refractivity contribution is 7.19. The Morgan fingerprint density at radius 1 is 1.04 bits per heavy atom. The molecule has 1 amide bonds. The zero-order valence-electron chi connectivity index (χ0n) is 13.4. The van der Waals surface area contributed by atoms with Gasteiger partial charge in [0.1, 0.15) is 5.82 Å². The molecule has 0 saturated carbocycles. The average molecular weight is 383 g/mol. The molecule has 0 aliphatic rings. The molecule has 128 valence electrons. The molecular formula is C20H12ClFN2OS. The molecule has 26 heavy (non-hydrogen) atoms. The zero-order chi connectivity index (χ0) is 18.1. The second-order valence-electron chi connectivity index (χ2n) is 5.61. The molecule has 2 heterocycles. The van der Waals surface area contributed by atoms with Crippen molar-refractivity contribution < 1.29 is 9.18 Å². The Hall–Kier alpha value is -2.76. The summed E-state index contributed by atoms with van der Waals surface area (Å²) < 4.78 is 14.5. The monoisotopic (exact) mass is 382 g/mol. The number of carbonyl (C=O) groups excluding carboxylic acids is 1. The van der Waals surface area contributed by atoms with Crippen molar-refractivity contribution in [3.63, 3.8) is 0 Å². The molecule has 0 aliphatic heterocycles. The second-order valence-corrected chi connectivity index (χ2v) is 7.33. The lowest BCUT2D eigenvalue weighted by Crippen LogP contribution is -2.14. The van der Waals surface area contributed by atoms with Gasteiger partial charge in [0.25, 0.3) is 5.91 Å². The molecule has 2 aromatic carbocycles. The van der Waals surface area contributed by atoms with Gasteiger partial charge >= 0.3 is 0 Å². The standard InChI is InChI=1S/C20H12ClFN2OS/c21-19-10-9-18(26-19)17-11-13(12-5-1-3-7-15(12)23-17)20(25)24-16-8-4-2-6-14(16)22/h1-11H,(H,24,25). The van der Waals surface area contributed by atoms with E-state index in [4.69, 9.17) is 11.6 Å². The number of thiophene rings is 1. The third-order valence-corrected chi connectivity index (χ3v) is 5.16. The number of benzene rings is 2. The van der Waals surface area contributed by atoms with Gasteiger partial charge in [-0.1, -0.05) is 41.9 Å². The van der Waals surface area contributed by atoms with Crippen LogP contribution in [0.4, 0.5) is 10.1 Å². The summed E-state index contributed by atoms with van der Waals surface area (Å²) >= 11 is 7.41. The average Bonchev–Trinajstić information content (AvgIpc) is 3.09. The van der Waals surface area contributed by atoms with E-state index in [2.05, 4.69) is 10.3 Å². The van der Waals surface area contributed by atoms with E-state index in [9.17, 15) is 9.18 Å². The number of pyridine rings is 1. The maximum Gasteiger partial charge on any atom is 0.256 e. The van der Waals surface area contributed by atoms with Crippen LogP contribution in [0.1, 0.15) is 10.4 Å². The summed E-state index contributed by atoms with van der Waals surface area (Å²) in [6, 6.07) is 18.8. The van der Waals surface area contributed by atoms with Crippen molar-refractivity contribution in [2.45, 2.75) is 0 Å².